The van der Waals surface area contributed by atoms with E-state index < -0.39 is 11.6 Å². The van der Waals surface area contributed by atoms with Gasteiger partial charge in [0.2, 0.25) is 0 Å². The van der Waals surface area contributed by atoms with Gasteiger partial charge < -0.3 is 0 Å². The van der Waals surface area contributed by atoms with Crippen LogP contribution in [0.1, 0.15) is 19.3 Å². The van der Waals surface area contributed by atoms with E-state index in [9.17, 15) is 9.18 Å². The fourth-order valence-electron chi connectivity index (χ4n) is 1.07. The van der Waals surface area contributed by atoms with Gasteiger partial charge in [0.25, 0.3) is 5.91 Å². The molecular formula is C7H12FNO2. The summed E-state index contributed by atoms with van der Waals surface area (Å²) in [6.07, 6.45) is 1.46. The van der Waals surface area contributed by atoms with Gasteiger partial charge in [0.15, 0.2) is 5.67 Å². The summed E-state index contributed by atoms with van der Waals surface area (Å²) in [7, 11) is 2.77. The first-order valence-corrected chi connectivity index (χ1v) is 3.61. The molecule has 0 N–H and O–H groups in total. The molecule has 1 aliphatic carbocycles. The summed E-state index contributed by atoms with van der Waals surface area (Å²) in [4.78, 5) is 15.7. The molecule has 0 aromatic rings. The molecule has 0 radical (unpaired) electrons. The normalized spacial score (nSPS) is 20.6. The lowest BCUT2D eigenvalue weighted by Crippen LogP contribution is -2.48. The molecule has 1 amide bonds. The summed E-state index contributed by atoms with van der Waals surface area (Å²) in [5, 5.41) is 0.944. The molecule has 0 unspecified atom stereocenters. The number of hydroxylamine groups is 2. The van der Waals surface area contributed by atoms with Crippen molar-refractivity contribution in [1.82, 2.24) is 5.06 Å². The largest absolute Gasteiger partial charge is 0.283 e. The van der Waals surface area contributed by atoms with E-state index in [1.54, 1.807) is 0 Å². The Kier molecular flexibility index (Phi) is 2.13. The number of carbonyl (C=O) groups is 1. The molecule has 0 aliphatic heterocycles. The van der Waals surface area contributed by atoms with E-state index >= 15 is 0 Å². The Bertz CT molecular complexity index is 168. The van der Waals surface area contributed by atoms with E-state index in [0.29, 0.717) is 12.8 Å². The molecule has 1 saturated carbocycles. The molecule has 0 heterocycles. The molecular weight excluding hydrogens is 149 g/mol. The first-order valence-electron chi connectivity index (χ1n) is 3.61. The van der Waals surface area contributed by atoms with Crippen molar-refractivity contribution in [2.24, 2.45) is 0 Å². The van der Waals surface area contributed by atoms with Crippen molar-refractivity contribution in [3.8, 4) is 0 Å². The van der Waals surface area contributed by atoms with Crippen LogP contribution in [-0.4, -0.2) is 30.8 Å². The van der Waals surface area contributed by atoms with Gasteiger partial charge in [0.1, 0.15) is 0 Å². The van der Waals surface area contributed by atoms with Crippen LogP contribution in [0.3, 0.4) is 0 Å². The van der Waals surface area contributed by atoms with Gasteiger partial charge in [-0.05, 0) is 19.3 Å². The zero-order valence-corrected chi connectivity index (χ0v) is 6.76. The van der Waals surface area contributed by atoms with Crippen LogP contribution in [0.25, 0.3) is 0 Å². The predicted octanol–water partition coefficient (Wildman–Crippen LogP) is 0.898. The Morgan fingerprint density at radius 3 is 2.45 bits per heavy atom. The van der Waals surface area contributed by atoms with E-state index in [4.69, 9.17) is 0 Å². The van der Waals surface area contributed by atoms with Gasteiger partial charge in [-0.25, -0.2) is 9.45 Å². The molecule has 4 heteroatoms. The third kappa shape index (κ3) is 1.35. The topological polar surface area (TPSA) is 29.5 Å². The molecule has 64 valence electrons. The first kappa shape index (κ1) is 8.46. The average molecular weight is 161 g/mol. The Morgan fingerprint density at radius 2 is 2.18 bits per heavy atom. The summed E-state index contributed by atoms with van der Waals surface area (Å²) in [5.41, 5.74) is -1.63. The third-order valence-corrected chi connectivity index (χ3v) is 2.09. The van der Waals surface area contributed by atoms with Crippen LogP contribution in [0, 0.1) is 0 Å². The summed E-state index contributed by atoms with van der Waals surface area (Å²) < 4.78 is 13.3. The van der Waals surface area contributed by atoms with E-state index in [1.807, 2.05) is 0 Å². The van der Waals surface area contributed by atoms with Crippen LogP contribution in [0.4, 0.5) is 4.39 Å². The van der Waals surface area contributed by atoms with Crippen LogP contribution in [0.15, 0.2) is 0 Å². The minimum atomic E-state index is -1.63. The first-order chi connectivity index (χ1) is 5.10. The highest BCUT2D eigenvalue weighted by Crippen LogP contribution is 2.37. The molecule has 11 heavy (non-hydrogen) atoms. The molecule has 1 rings (SSSR count). The predicted molar refractivity (Wildman–Crippen MR) is 37.5 cm³/mol. The number of hydrogen-bond donors (Lipinski definition) is 0. The lowest BCUT2D eigenvalue weighted by molar-refractivity contribution is -0.187. The zero-order valence-electron chi connectivity index (χ0n) is 6.76. The van der Waals surface area contributed by atoms with Crippen LogP contribution in [0.5, 0.6) is 0 Å². The monoisotopic (exact) mass is 161 g/mol. The maximum atomic E-state index is 13.3. The summed E-state index contributed by atoms with van der Waals surface area (Å²) in [6.45, 7) is 0. The van der Waals surface area contributed by atoms with Crippen molar-refractivity contribution in [3.05, 3.63) is 0 Å². The number of alkyl halides is 1. The van der Waals surface area contributed by atoms with E-state index in [1.165, 1.54) is 14.2 Å². The molecule has 0 aromatic carbocycles. The number of halogens is 1. The SMILES string of the molecule is CON(C)C(=O)C1(F)CCC1. The summed E-state index contributed by atoms with van der Waals surface area (Å²) in [6, 6.07) is 0. The lowest BCUT2D eigenvalue weighted by Gasteiger charge is -2.34. The van der Waals surface area contributed by atoms with E-state index in [-0.39, 0.29) is 0 Å². The summed E-state index contributed by atoms with van der Waals surface area (Å²) >= 11 is 0. The minimum absolute atomic E-state index is 0.333. The molecule has 1 aliphatic rings. The highest BCUT2D eigenvalue weighted by molar-refractivity contribution is 5.84. The Balaban J connectivity index is 2.52. The molecule has 0 aromatic heterocycles. The van der Waals surface area contributed by atoms with Crippen molar-refractivity contribution >= 4 is 5.91 Å². The van der Waals surface area contributed by atoms with Crippen LogP contribution < -0.4 is 0 Å². The number of amides is 1. The second kappa shape index (κ2) is 2.77. The van der Waals surface area contributed by atoms with Crippen molar-refractivity contribution < 1.29 is 14.0 Å². The number of hydrogen-bond acceptors (Lipinski definition) is 2. The smallest absolute Gasteiger partial charge is 0.274 e. The Hall–Kier alpha value is -0.640. The number of carbonyl (C=O) groups excluding carboxylic acids is 1. The van der Waals surface area contributed by atoms with Crippen molar-refractivity contribution in [3.63, 3.8) is 0 Å². The number of nitrogens with zero attached hydrogens (tertiary/aromatic N) is 1. The van der Waals surface area contributed by atoms with Gasteiger partial charge in [-0.2, -0.15) is 0 Å². The highest BCUT2D eigenvalue weighted by Gasteiger charge is 2.46. The number of rotatable bonds is 2. The second-order valence-electron chi connectivity index (χ2n) is 2.80. The van der Waals surface area contributed by atoms with Crippen LogP contribution >= 0.6 is 0 Å². The molecule has 0 spiro atoms. The molecule has 0 atom stereocenters. The van der Waals surface area contributed by atoms with E-state index in [2.05, 4.69) is 4.84 Å². The third-order valence-electron chi connectivity index (χ3n) is 2.09. The van der Waals surface area contributed by atoms with Crippen LogP contribution in [-0.2, 0) is 9.63 Å². The molecule has 0 saturated heterocycles. The van der Waals surface area contributed by atoms with Gasteiger partial charge >= 0.3 is 0 Å². The molecule has 3 nitrogen and oxygen atoms in total. The summed E-state index contributed by atoms with van der Waals surface area (Å²) in [5.74, 6) is -0.564. The van der Waals surface area contributed by atoms with Crippen molar-refractivity contribution in [2.45, 2.75) is 24.9 Å². The maximum Gasteiger partial charge on any atom is 0.283 e. The maximum absolute atomic E-state index is 13.3. The van der Waals surface area contributed by atoms with Crippen molar-refractivity contribution in [1.29, 1.82) is 0 Å². The lowest BCUT2D eigenvalue weighted by atomic mass is 9.81. The standard InChI is InChI=1S/C7H12FNO2/c1-9(11-2)6(10)7(8)4-3-5-7/h3-5H2,1-2H3. The van der Waals surface area contributed by atoms with Gasteiger partial charge in [-0.15, -0.1) is 0 Å². The quantitative estimate of drug-likeness (QED) is 0.563. The Labute approximate surface area is 65.1 Å². The van der Waals surface area contributed by atoms with E-state index in [0.717, 1.165) is 11.5 Å². The van der Waals surface area contributed by atoms with Crippen molar-refractivity contribution in [2.75, 3.05) is 14.2 Å². The molecule has 1 fully saturated rings. The fourth-order valence-corrected chi connectivity index (χ4v) is 1.07. The van der Waals surface area contributed by atoms with Gasteiger partial charge in [0, 0.05) is 7.05 Å². The highest BCUT2D eigenvalue weighted by atomic mass is 19.1. The molecule has 0 bridgehead atoms. The minimum Gasteiger partial charge on any atom is -0.274 e. The second-order valence-corrected chi connectivity index (χ2v) is 2.80. The van der Waals surface area contributed by atoms with Crippen LogP contribution in [0.2, 0.25) is 0 Å². The fraction of sp³-hybridized carbons (Fsp3) is 0.857. The average Bonchev–Trinajstić information content (AvgIpc) is 1.97. The van der Waals surface area contributed by atoms with Gasteiger partial charge in [-0.1, -0.05) is 0 Å². The zero-order chi connectivity index (χ0) is 8.48. The van der Waals surface area contributed by atoms with Gasteiger partial charge in [-0.3, -0.25) is 9.63 Å². The Morgan fingerprint density at radius 1 is 1.64 bits per heavy atom. The van der Waals surface area contributed by atoms with Gasteiger partial charge in [0.05, 0.1) is 7.11 Å².